The zero-order valence-electron chi connectivity index (χ0n) is 14.3. The molecule has 0 atom stereocenters. The average Bonchev–Trinajstić information content (AvgIpc) is 2.63. The third-order valence-corrected chi connectivity index (χ3v) is 3.94. The van der Waals surface area contributed by atoms with Gasteiger partial charge in [-0.2, -0.15) is 0 Å². The van der Waals surface area contributed by atoms with E-state index in [1.807, 2.05) is 30.3 Å². The number of para-hydroxylation sites is 1. The molecule has 0 saturated carbocycles. The lowest BCUT2D eigenvalue weighted by molar-refractivity contribution is -0.133. The van der Waals surface area contributed by atoms with Gasteiger partial charge in [0.1, 0.15) is 5.75 Å². The predicted octanol–water partition coefficient (Wildman–Crippen LogP) is 2.54. The molecule has 0 aliphatic carbocycles. The first-order valence-corrected chi connectivity index (χ1v) is 8.58. The third kappa shape index (κ3) is 5.76. The first kappa shape index (κ1) is 18.1. The summed E-state index contributed by atoms with van der Waals surface area (Å²) in [5.41, 5.74) is 0. The molecule has 2 rings (SSSR count). The van der Waals surface area contributed by atoms with Crippen molar-refractivity contribution in [3.63, 3.8) is 0 Å². The zero-order valence-corrected chi connectivity index (χ0v) is 14.3. The van der Waals surface area contributed by atoms with Gasteiger partial charge in [-0.05, 0) is 18.6 Å². The molecule has 0 bridgehead atoms. The summed E-state index contributed by atoms with van der Waals surface area (Å²) in [6, 6.07) is 9.46. The monoisotopic (exact) mass is 334 g/mol. The SMILES string of the molecule is CCCCOC(=O)N1CCN(C(=O)CCOc2ccccc2)CC1. The van der Waals surface area contributed by atoms with Gasteiger partial charge in [-0.25, -0.2) is 4.79 Å². The highest BCUT2D eigenvalue weighted by Crippen LogP contribution is 2.10. The lowest BCUT2D eigenvalue weighted by Gasteiger charge is -2.34. The molecule has 1 aromatic carbocycles. The molecule has 6 heteroatoms. The number of carbonyl (C=O) groups is 2. The van der Waals surface area contributed by atoms with E-state index in [0.717, 1.165) is 18.6 Å². The van der Waals surface area contributed by atoms with Crippen molar-refractivity contribution in [2.45, 2.75) is 26.2 Å². The van der Waals surface area contributed by atoms with Gasteiger partial charge in [0.05, 0.1) is 19.6 Å². The Hall–Kier alpha value is -2.24. The van der Waals surface area contributed by atoms with Crippen molar-refractivity contribution in [1.29, 1.82) is 0 Å². The van der Waals surface area contributed by atoms with E-state index in [-0.39, 0.29) is 12.0 Å². The molecule has 0 unspecified atom stereocenters. The minimum atomic E-state index is -0.275. The lowest BCUT2D eigenvalue weighted by Crippen LogP contribution is -2.51. The van der Waals surface area contributed by atoms with Gasteiger partial charge in [-0.15, -0.1) is 0 Å². The summed E-state index contributed by atoms with van der Waals surface area (Å²) < 4.78 is 10.7. The van der Waals surface area contributed by atoms with Gasteiger partial charge in [0.2, 0.25) is 5.91 Å². The van der Waals surface area contributed by atoms with Crippen LogP contribution in [0.5, 0.6) is 5.75 Å². The van der Waals surface area contributed by atoms with Crippen molar-refractivity contribution in [1.82, 2.24) is 9.80 Å². The molecular weight excluding hydrogens is 308 g/mol. The predicted molar refractivity (Wildman–Crippen MR) is 91.0 cm³/mol. The van der Waals surface area contributed by atoms with Crippen LogP contribution in [0, 0.1) is 0 Å². The molecule has 2 amide bonds. The summed E-state index contributed by atoms with van der Waals surface area (Å²) in [7, 11) is 0. The molecule has 1 aromatic rings. The first-order chi connectivity index (χ1) is 11.7. The van der Waals surface area contributed by atoms with Crippen molar-refractivity contribution in [3.05, 3.63) is 30.3 Å². The minimum Gasteiger partial charge on any atom is -0.493 e. The largest absolute Gasteiger partial charge is 0.493 e. The van der Waals surface area contributed by atoms with Crippen LogP contribution < -0.4 is 4.74 Å². The normalized spacial score (nSPS) is 14.4. The molecule has 1 saturated heterocycles. The Labute approximate surface area is 143 Å². The number of amides is 2. The summed E-state index contributed by atoms with van der Waals surface area (Å²) >= 11 is 0. The van der Waals surface area contributed by atoms with Gasteiger partial charge in [-0.3, -0.25) is 4.79 Å². The van der Waals surface area contributed by atoms with Gasteiger partial charge in [-0.1, -0.05) is 31.5 Å². The van der Waals surface area contributed by atoms with Gasteiger partial charge < -0.3 is 19.3 Å². The molecular formula is C18H26N2O4. The zero-order chi connectivity index (χ0) is 17.2. The van der Waals surface area contributed by atoms with Crippen LogP contribution in [0.2, 0.25) is 0 Å². The number of unbranched alkanes of at least 4 members (excludes halogenated alkanes) is 1. The fraction of sp³-hybridized carbons (Fsp3) is 0.556. The summed E-state index contributed by atoms with van der Waals surface area (Å²) in [4.78, 5) is 27.5. The molecule has 1 aliphatic heterocycles. The van der Waals surface area contributed by atoms with Crippen LogP contribution in [0.3, 0.4) is 0 Å². The van der Waals surface area contributed by atoms with Crippen LogP contribution in [-0.4, -0.2) is 61.2 Å². The van der Waals surface area contributed by atoms with E-state index in [1.54, 1.807) is 9.80 Å². The van der Waals surface area contributed by atoms with Gasteiger partial charge in [0.25, 0.3) is 0 Å². The van der Waals surface area contributed by atoms with E-state index >= 15 is 0 Å². The summed E-state index contributed by atoms with van der Waals surface area (Å²) in [6.45, 7) is 5.03. The molecule has 6 nitrogen and oxygen atoms in total. The van der Waals surface area contributed by atoms with Crippen LogP contribution in [-0.2, 0) is 9.53 Å². The maximum Gasteiger partial charge on any atom is 0.409 e. The maximum atomic E-state index is 12.2. The van der Waals surface area contributed by atoms with Crippen LogP contribution in [0.1, 0.15) is 26.2 Å². The van der Waals surface area contributed by atoms with Gasteiger partial charge >= 0.3 is 6.09 Å². The molecule has 1 fully saturated rings. The summed E-state index contributed by atoms with van der Waals surface area (Å²) in [5, 5.41) is 0. The van der Waals surface area contributed by atoms with E-state index in [4.69, 9.17) is 9.47 Å². The van der Waals surface area contributed by atoms with Gasteiger partial charge in [0, 0.05) is 26.2 Å². The Morgan fingerprint density at radius 3 is 2.33 bits per heavy atom. The number of ether oxygens (including phenoxy) is 2. The fourth-order valence-corrected chi connectivity index (χ4v) is 2.46. The number of carbonyl (C=O) groups excluding carboxylic acids is 2. The summed E-state index contributed by atoms with van der Waals surface area (Å²) in [5.74, 6) is 0.829. The molecule has 24 heavy (non-hydrogen) atoms. The number of hydrogen-bond donors (Lipinski definition) is 0. The second-order valence-electron chi connectivity index (χ2n) is 5.75. The molecule has 1 heterocycles. The minimum absolute atomic E-state index is 0.0601. The maximum absolute atomic E-state index is 12.2. The van der Waals surface area contributed by atoms with Crippen molar-refractivity contribution in [3.8, 4) is 5.75 Å². The van der Waals surface area contributed by atoms with Crippen LogP contribution in [0.25, 0.3) is 0 Å². The van der Waals surface area contributed by atoms with Crippen molar-refractivity contribution < 1.29 is 19.1 Å². The standard InChI is InChI=1S/C18H26N2O4/c1-2-3-14-24-18(22)20-12-10-19(11-13-20)17(21)9-15-23-16-7-5-4-6-8-16/h4-8H,2-3,9-15H2,1H3. The highest BCUT2D eigenvalue weighted by atomic mass is 16.6. The number of hydrogen-bond acceptors (Lipinski definition) is 4. The molecule has 1 aliphatic rings. The Morgan fingerprint density at radius 1 is 1.00 bits per heavy atom. The molecule has 0 radical (unpaired) electrons. The second-order valence-corrected chi connectivity index (χ2v) is 5.75. The number of piperazine rings is 1. The quantitative estimate of drug-likeness (QED) is 0.719. The number of rotatable bonds is 7. The van der Waals surface area contributed by atoms with Crippen LogP contribution in [0.4, 0.5) is 4.79 Å². The molecule has 0 aromatic heterocycles. The topological polar surface area (TPSA) is 59.1 Å². The van der Waals surface area contributed by atoms with E-state index in [0.29, 0.717) is 45.8 Å². The van der Waals surface area contributed by atoms with Gasteiger partial charge in [0.15, 0.2) is 0 Å². The number of nitrogens with zero attached hydrogens (tertiary/aromatic N) is 2. The molecule has 132 valence electrons. The van der Waals surface area contributed by atoms with Crippen molar-refractivity contribution in [2.75, 3.05) is 39.4 Å². The lowest BCUT2D eigenvalue weighted by atomic mass is 10.3. The first-order valence-electron chi connectivity index (χ1n) is 8.58. The number of benzene rings is 1. The van der Waals surface area contributed by atoms with E-state index in [1.165, 1.54) is 0 Å². The van der Waals surface area contributed by atoms with E-state index in [2.05, 4.69) is 6.92 Å². The van der Waals surface area contributed by atoms with E-state index < -0.39 is 0 Å². The second kappa shape index (κ2) is 9.80. The molecule has 0 spiro atoms. The fourth-order valence-electron chi connectivity index (χ4n) is 2.46. The third-order valence-electron chi connectivity index (χ3n) is 3.94. The Kier molecular flexibility index (Phi) is 7.39. The smallest absolute Gasteiger partial charge is 0.409 e. The van der Waals surface area contributed by atoms with Crippen LogP contribution >= 0.6 is 0 Å². The van der Waals surface area contributed by atoms with Crippen molar-refractivity contribution in [2.24, 2.45) is 0 Å². The molecule has 0 N–H and O–H groups in total. The summed E-state index contributed by atoms with van der Waals surface area (Å²) in [6.07, 6.45) is 1.95. The Morgan fingerprint density at radius 2 is 1.67 bits per heavy atom. The highest BCUT2D eigenvalue weighted by Gasteiger charge is 2.24. The Balaban J connectivity index is 1.64. The van der Waals surface area contributed by atoms with Crippen LogP contribution in [0.15, 0.2) is 30.3 Å². The average molecular weight is 334 g/mol. The Bertz CT molecular complexity index is 513. The highest BCUT2D eigenvalue weighted by molar-refractivity contribution is 5.77. The van der Waals surface area contributed by atoms with Crippen molar-refractivity contribution >= 4 is 12.0 Å². The van der Waals surface area contributed by atoms with E-state index in [9.17, 15) is 9.59 Å².